The summed E-state index contributed by atoms with van der Waals surface area (Å²) in [5.74, 6) is 0. The summed E-state index contributed by atoms with van der Waals surface area (Å²) in [7, 11) is 0. The molecule has 0 aliphatic heterocycles. The first kappa shape index (κ1) is 8.70. The van der Waals surface area contributed by atoms with Crippen molar-refractivity contribution in [3.05, 3.63) is 29.6 Å². The number of rotatable bonds is 4. The van der Waals surface area contributed by atoms with Crippen LogP contribution in [-0.4, -0.2) is 17.6 Å². The second kappa shape index (κ2) is 3.88. The Bertz CT molecular complexity index is 279. The molecule has 1 N–H and O–H groups in total. The van der Waals surface area contributed by atoms with E-state index in [2.05, 4.69) is 23.3 Å². The number of pyridine rings is 1. The summed E-state index contributed by atoms with van der Waals surface area (Å²) in [6.45, 7) is 3.18. The van der Waals surface area contributed by atoms with E-state index in [1.807, 2.05) is 12.4 Å². The fourth-order valence-corrected chi connectivity index (χ4v) is 1.46. The highest BCUT2D eigenvalue weighted by atomic mass is 14.9. The zero-order valence-corrected chi connectivity index (χ0v) is 8.09. The van der Waals surface area contributed by atoms with Gasteiger partial charge in [-0.25, -0.2) is 0 Å². The first-order valence-electron chi connectivity index (χ1n) is 4.98. The highest BCUT2D eigenvalue weighted by Crippen LogP contribution is 2.18. The van der Waals surface area contributed by atoms with Gasteiger partial charge in [0, 0.05) is 18.4 Å². The summed E-state index contributed by atoms with van der Waals surface area (Å²) < 4.78 is 0. The largest absolute Gasteiger partial charge is 0.314 e. The van der Waals surface area contributed by atoms with Crippen molar-refractivity contribution in [2.24, 2.45) is 0 Å². The standard InChI is InChI=1S/C11H16N2/c1-9-6-10(8-12-7-9)4-5-13-11-2-3-11/h6-8,11,13H,2-5H2,1H3. The highest BCUT2D eigenvalue weighted by molar-refractivity contribution is 5.16. The minimum Gasteiger partial charge on any atom is -0.314 e. The first-order chi connectivity index (χ1) is 6.34. The number of hydrogen-bond acceptors (Lipinski definition) is 2. The van der Waals surface area contributed by atoms with Crippen LogP contribution in [0.3, 0.4) is 0 Å². The van der Waals surface area contributed by atoms with Gasteiger partial charge in [0.2, 0.25) is 0 Å². The number of aromatic nitrogens is 1. The molecule has 1 heterocycles. The summed E-state index contributed by atoms with van der Waals surface area (Å²) in [4.78, 5) is 4.17. The van der Waals surface area contributed by atoms with Crippen molar-refractivity contribution in [3.8, 4) is 0 Å². The number of hydrogen-bond donors (Lipinski definition) is 1. The molecule has 2 nitrogen and oxygen atoms in total. The lowest BCUT2D eigenvalue weighted by Gasteiger charge is -2.02. The zero-order chi connectivity index (χ0) is 9.10. The van der Waals surface area contributed by atoms with Gasteiger partial charge < -0.3 is 5.32 Å². The molecule has 1 saturated carbocycles. The van der Waals surface area contributed by atoms with Crippen LogP contribution in [0.15, 0.2) is 18.5 Å². The van der Waals surface area contributed by atoms with E-state index in [0.717, 1.165) is 19.0 Å². The molecule has 0 aromatic carbocycles. The lowest BCUT2D eigenvalue weighted by molar-refractivity contribution is 0.681. The van der Waals surface area contributed by atoms with Gasteiger partial charge in [-0.15, -0.1) is 0 Å². The molecule has 1 aliphatic carbocycles. The van der Waals surface area contributed by atoms with Crippen molar-refractivity contribution >= 4 is 0 Å². The number of nitrogens with one attached hydrogen (secondary N) is 1. The minimum absolute atomic E-state index is 0.817. The molecule has 1 aromatic heterocycles. The van der Waals surface area contributed by atoms with E-state index in [0.29, 0.717) is 0 Å². The van der Waals surface area contributed by atoms with Crippen molar-refractivity contribution in [1.29, 1.82) is 0 Å². The van der Waals surface area contributed by atoms with Crippen LogP contribution in [0.1, 0.15) is 24.0 Å². The predicted octanol–water partition coefficient (Wildman–Crippen LogP) is 1.68. The van der Waals surface area contributed by atoms with E-state index in [-0.39, 0.29) is 0 Å². The highest BCUT2D eigenvalue weighted by Gasteiger charge is 2.19. The molecule has 13 heavy (non-hydrogen) atoms. The van der Waals surface area contributed by atoms with Gasteiger partial charge in [-0.2, -0.15) is 0 Å². The molecule has 1 aliphatic rings. The molecule has 0 saturated heterocycles. The van der Waals surface area contributed by atoms with Crippen molar-refractivity contribution in [3.63, 3.8) is 0 Å². The summed E-state index contributed by atoms with van der Waals surface area (Å²) in [5, 5.41) is 3.50. The van der Waals surface area contributed by atoms with Crippen LogP contribution in [0.4, 0.5) is 0 Å². The third-order valence-corrected chi connectivity index (χ3v) is 2.36. The maximum Gasteiger partial charge on any atom is 0.0300 e. The molecular weight excluding hydrogens is 160 g/mol. The second-order valence-electron chi connectivity index (χ2n) is 3.85. The number of nitrogens with zero attached hydrogens (tertiary/aromatic N) is 1. The predicted molar refractivity (Wildman–Crippen MR) is 53.7 cm³/mol. The van der Waals surface area contributed by atoms with Crippen LogP contribution in [0.25, 0.3) is 0 Å². The average molecular weight is 176 g/mol. The summed E-state index contributed by atoms with van der Waals surface area (Å²) in [5.41, 5.74) is 2.59. The molecule has 0 atom stereocenters. The van der Waals surface area contributed by atoms with Gasteiger partial charge >= 0.3 is 0 Å². The maximum atomic E-state index is 4.17. The van der Waals surface area contributed by atoms with Crippen LogP contribution in [0.5, 0.6) is 0 Å². The normalized spacial score (nSPS) is 16.1. The maximum absolute atomic E-state index is 4.17. The van der Waals surface area contributed by atoms with Gasteiger partial charge in [0.25, 0.3) is 0 Å². The van der Waals surface area contributed by atoms with Crippen LogP contribution in [0, 0.1) is 6.92 Å². The topological polar surface area (TPSA) is 24.9 Å². The van der Waals surface area contributed by atoms with Gasteiger partial charge in [-0.1, -0.05) is 6.07 Å². The van der Waals surface area contributed by atoms with Crippen molar-refractivity contribution in [2.75, 3.05) is 6.54 Å². The summed E-state index contributed by atoms with van der Waals surface area (Å²) >= 11 is 0. The summed E-state index contributed by atoms with van der Waals surface area (Å²) in [6.07, 6.45) is 7.70. The molecule has 1 aromatic rings. The Balaban J connectivity index is 1.79. The lowest BCUT2D eigenvalue weighted by Crippen LogP contribution is -2.19. The molecule has 0 amide bonds. The lowest BCUT2D eigenvalue weighted by atomic mass is 10.1. The van der Waals surface area contributed by atoms with Gasteiger partial charge in [0.1, 0.15) is 0 Å². The Morgan fingerprint density at radius 3 is 3.00 bits per heavy atom. The van der Waals surface area contributed by atoms with Crippen molar-refractivity contribution in [2.45, 2.75) is 32.2 Å². The third-order valence-electron chi connectivity index (χ3n) is 2.36. The van der Waals surface area contributed by atoms with E-state index in [1.165, 1.54) is 24.0 Å². The van der Waals surface area contributed by atoms with Gasteiger partial charge in [-0.3, -0.25) is 4.98 Å². The molecule has 70 valence electrons. The molecule has 0 radical (unpaired) electrons. The summed E-state index contributed by atoms with van der Waals surface area (Å²) in [6, 6.07) is 3.03. The second-order valence-corrected chi connectivity index (χ2v) is 3.85. The van der Waals surface area contributed by atoms with Crippen molar-refractivity contribution < 1.29 is 0 Å². The van der Waals surface area contributed by atoms with Crippen LogP contribution in [0.2, 0.25) is 0 Å². The third kappa shape index (κ3) is 2.81. The quantitative estimate of drug-likeness (QED) is 0.755. The Kier molecular flexibility index (Phi) is 2.60. The van der Waals surface area contributed by atoms with Crippen LogP contribution in [-0.2, 0) is 6.42 Å². The van der Waals surface area contributed by atoms with Gasteiger partial charge in [-0.05, 0) is 43.9 Å². The fourth-order valence-electron chi connectivity index (χ4n) is 1.46. The molecule has 0 spiro atoms. The van der Waals surface area contributed by atoms with E-state index in [4.69, 9.17) is 0 Å². The number of aryl methyl sites for hydroxylation is 1. The van der Waals surface area contributed by atoms with E-state index in [9.17, 15) is 0 Å². The molecule has 2 heteroatoms. The smallest absolute Gasteiger partial charge is 0.0300 e. The average Bonchev–Trinajstić information content (AvgIpc) is 2.88. The van der Waals surface area contributed by atoms with E-state index in [1.54, 1.807) is 0 Å². The van der Waals surface area contributed by atoms with E-state index < -0.39 is 0 Å². The van der Waals surface area contributed by atoms with Gasteiger partial charge in [0.15, 0.2) is 0 Å². The molecule has 1 fully saturated rings. The Hall–Kier alpha value is -0.890. The first-order valence-corrected chi connectivity index (χ1v) is 4.98. The van der Waals surface area contributed by atoms with Crippen molar-refractivity contribution in [1.82, 2.24) is 10.3 Å². The fraction of sp³-hybridized carbons (Fsp3) is 0.545. The Morgan fingerprint density at radius 2 is 2.31 bits per heavy atom. The molecule has 0 unspecified atom stereocenters. The Labute approximate surface area is 79.4 Å². The van der Waals surface area contributed by atoms with Crippen LogP contribution < -0.4 is 5.32 Å². The molecule has 0 bridgehead atoms. The zero-order valence-electron chi connectivity index (χ0n) is 8.09. The minimum atomic E-state index is 0.817. The Morgan fingerprint density at radius 1 is 1.46 bits per heavy atom. The SMILES string of the molecule is Cc1cncc(CCNC2CC2)c1. The molecule has 2 rings (SSSR count). The van der Waals surface area contributed by atoms with Crippen LogP contribution >= 0.6 is 0 Å². The molecular formula is C11H16N2. The van der Waals surface area contributed by atoms with Gasteiger partial charge in [0.05, 0.1) is 0 Å². The van der Waals surface area contributed by atoms with E-state index >= 15 is 0 Å². The monoisotopic (exact) mass is 176 g/mol.